The van der Waals surface area contributed by atoms with Gasteiger partial charge in [0.2, 0.25) is 0 Å². The number of amides is 1. The van der Waals surface area contributed by atoms with Crippen molar-refractivity contribution in [2.75, 3.05) is 20.6 Å². The number of hydrogen-bond donors (Lipinski definition) is 1. The molecule has 0 fully saturated rings. The molecule has 1 aromatic heterocycles. The topological polar surface area (TPSA) is 45.2 Å². The summed E-state index contributed by atoms with van der Waals surface area (Å²) in [7, 11) is 3.72. The van der Waals surface area contributed by atoms with Gasteiger partial charge in [-0.2, -0.15) is 0 Å². The van der Waals surface area contributed by atoms with E-state index < -0.39 is 0 Å². The van der Waals surface area contributed by atoms with Gasteiger partial charge in [0.05, 0.1) is 5.69 Å². The van der Waals surface area contributed by atoms with Gasteiger partial charge in [0.15, 0.2) is 5.01 Å². The second kappa shape index (κ2) is 3.67. The van der Waals surface area contributed by atoms with Crippen LogP contribution in [0.3, 0.4) is 0 Å². The summed E-state index contributed by atoms with van der Waals surface area (Å²) in [5.74, 6) is -0.0768. The minimum Gasteiger partial charge on any atom is -0.353 e. The Labute approximate surface area is 86.9 Å². The summed E-state index contributed by atoms with van der Waals surface area (Å²) in [6, 6.07) is 0. The van der Waals surface area contributed by atoms with E-state index in [9.17, 15) is 4.79 Å². The number of likely N-dealkylation sites (N-methyl/N-ethyl adjacent to an activating group) is 1. The summed E-state index contributed by atoms with van der Waals surface area (Å²) in [6.45, 7) is 1.95. The zero-order chi connectivity index (χ0) is 10.1. The van der Waals surface area contributed by atoms with E-state index in [1.807, 2.05) is 0 Å². The van der Waals surface area contributed by atoms with Crippen LogP contribution in [0.25, 0.3) is 0 Å². The monoisotopic (exact) mass is 211 g/mol. The molecule has 0 saturated heterocycles. The molecule has 0 bridgehead atoms. The number of nitrogens with zero attached hydrogens (tertiary/aromatic N) is 2. The fourth-order valence-corrected chi connectivity index (χ4v) is 2.66. The predicted molar refractivity (Wildman–Crippen MR) is 55.5 cm³/mol. The van der Waals surface area contributed by atoms with Crippen LogP contribution in [0.2, 0.25) is 0 Å². The number of hydrogen-bond acceptors (Lipinski definition) is 4. The van der Waals surface area contributed by atoms with E-state index in [1.165, 1.54) is 16.2 Å². The maximum atomic E-state index is 11.3. The van der Waals surface area contributed by atoms with Crippen molar-refractivity contribution < 1.29 is 4.79 Å². The molecule has 0 spiro atoms. The fraction of sp³-hybridized carbons (Fsp3) is 0.556. The van der Waals surface area contributed by atoms with Crippen molar-refractivity contribution in [3.63, 3.8) is 0 Å². The molecule has 1 N–H and O–H groups in total. The number of fused-ring (bicyclic) bond motifs is 1. The van der Waals surface area contributed by atoms with Gasteiger partial charge in [-0.05, 0) is 7.05 Å². The van der Waals surface area contributed by atoms with Gasteiger partial charge in [0, 0.05) is 31.4 Å². The molecule has 0 saturated carbocycles. The standard InChI is InChI=1S/C9H13N3OS/c1-10-8(13)9-11-6-3-4-12(2)5-7(6)14-9/h3-5H2,1-2H3,(H,10,13). The van der Waals surface area contributed by atoms with Gasteiger partial charge in [0.25, 0.3) is 5.91 Å². The summed E-state index contributed by atoms with van der Waals surface area (Å²) in [5, 5.41) is 3.19. The van der Waals surface area contributed by atoms with Crippen molar-refractivity contribution in [1.29, 1.82) is 0 Å². The van der Waals surface area contributed by atoms with E-state index in [-0.39, 0.29) is 5.91 Å². The predicted octanol–water partition coefficient (Wildman–Crippen LogP) is 0.491. The molecule has 1 aliphatic rings. The van der Waals surface area contributed by atoms with Crippen molar-refractivity contribution in [2.24, 2.45) is 0 Å². The molecule has 0 aliphatic carbocycles. The number of aromatic nitrogens is 1. The third-order valence-corrected chi connectivity index (χ3v) is 3.42. The maximum Gasteiger partial charge on any atom is 0.280 e. The van der Waals surface area contributed by atoms with Crippen LogP contribution in [0.5, 0.6) is 0 Å². The number of rotatable bonds is 1. The van der Waals surface area contributed by atoms with Crippen molar-refractivity contribution in [3.8, 4) is 0 Å². The lowest BCUT2D eigenvalue weighted by Crippen LogP contribution is -2.25. The second-order valence-corrected chi connectivity index (χ2v) is 4.54. The van der Waals surface area contributed by atoms with Crippen LogP contribution in [0.15, 0.2) is 0 Å². The molecule has 1 amide bonds. The van der Waals surface area contributed by atoms with Gasteiger partial charge in [-0.25, -0.2) is 4.98 Å². The largest absolute Gasteiger partial charge is 0.353 e. The van der Waals surface area contributed by atoms with Crippen LogP contribution >= 0.6 is 11.3 Å². The Morgan fingerprint density at radius 2 is 2.43 bits per heavy atom. The Hall–Kier alpha value is -0.940. The minimum atomic E-state index is -0.0768. The van der Waals surface area contributed by atoms with Crippen LogP contribution < -0.4 is 5.32 Å². The number of nitrogens with one attached hydrogen (secondary N) is 1. The number of carbonyl (C=O) groups is 1. The van der Waals surface area contributed by atoms with Crippen molar-refractivity contribution >= 4 is 17.2 Å². The SMILES string of the molecule is CNC(=O)c1nc2c(s1)CN(C)CC2. The molecule has 1 aliphatic heterocycles. The van der Waals surface area contributed by atoms with E-state index in [2.05, 4.69) is 22.2 Å². The third kappa shape index (κ3) is 1.65. The molecule has 2 heterocycles. The Morgan fingerprint density at radius 3 is 3.14 bits per heavy atom. The Kier molecular flexibility index (Phi) is 2.52. The van der Waals surface area contributed by atoms with Gasteiger partial charge in [-0.1, -0.05) is 0 Å². The van der Waals surface area contributed by atoms with Gasteiger partial charge in [-0.15, -0.1) is 11.3 Å². The Bertz CT molecular complexity index is 361. The van der Waals surface area contributed by atoms with E-state index in [1.54, 1.807) is 7.05 Å². The van der Waals surface area contributed by atoms with Crippen LogP contribution in [0, 0.1) is 0 Å². The van der Waals surface area contributed by atoms with Crippen LogP contribution in [0.1, 0.15) is 20.4 Å². The quantitative estimate of drug-likeness (QED) is 0.735. The normalized spacial score (nSPS) is 16.4. The number of carbonyl (C=O) groups excluding carboxylic acids is 1. The molecular formula is C9H13N3OS. The van der Waals surface area contributed by atoms with Gasteiger partial charge >= 0.3 is 0 Å². The summed E-state index contributed by atoms with van der Waals surface area (Å²) in [6.07, 6.45) is 0.958. The zero-order valence-electron chi connectivity index (χ0n) is 8.33. The average Bonchev–Trinajstić information content (AvgIpc) is 2.59. The van der Waals surface area contributed by atoms with E-state index in [0.29, 0.717) is 5.01 Å². The highest BCUT2D eigenvalue weighted by molar-refractivity contribution is 7.13. The van der Waals surface area contributed by atoms with Crippen molar-refractivity contribution in [2.45, 2.75) is 13.0 Å². The van der Waals surface area contributed by atoms with Crippen molar-refractivity contribution in [1.82, 2.24) is 15.2 Å². The minimum absolute atomic E-state index is 0.0768. The highest BCUT2D eigenvalue weighted by Gasteiger charge is 2.20. The molecule has 14 heavy (non-hydrogen) atoms. The van der Waals surface area contributed by atoms with E-state index >= 15 is 0 Å². The molecule has 0 atom stereocenters. The lowest BCUT2D eigenvalue weighted by atomic mass is 10.2. The van der Waals surface area contributed by atoms with Crippen LogP contribution in [-0.2, 0) is 13.0 Å². The Balaban J connectivity index is 2.27. The van der Waals surface area contributed by atoms with E-state index in [4.69, 9.17) is 0 Å². The molecule has 0 unspecified atom stereocenters. The molecule has 4 nitrogen and oxygen atoms in total. The molecule has 2 rings (SSSR count). The molecule has 0 aromatic carbocycles. The summed E-state index contributed by atoms with van der Waals surface area (Å²) < 4.78 is 0. The lowest BCUT2D eigenvalue weighted by molar-refractivity contribution is 0.0962. The number of thiazole rings is 1. The third-order valence-electron chi connectivity index (χ3n) is 2.34. The zero-order valence-corrected chi connectivity index (χ0v) is 9.15. The molecule has 5 heteroatoms. The second-order valence-electron chi connectivity index (χ2n) is 3.46. The average molecular weight is 211 g/mol. The fourth-order valence-electron chi connectivity index (χ4n) is 1.53. The Morgan fingerprint density at radius 1 is 1.64 bits per heavy atom. The first-order valence-electron chi connectivity index (χ1n) is 4.60. The van der Waals surface area contributed by atoms with Gasteiger partial charge in [-0.3, -0.25) is 4.79 Å². The van der Waals surface area contributed by atoms with E-state index in [0.717, 1.165) is 25.2 Å². The first-order chi connectivity index (χ1) is 6.70. The maximum absolute atomic E-state index is 11.3. The first-order valence-corrected chi connectivity index (χ1v) is 5.41. The lowest BCUT2D eigenvalue weighted by Gasteiger charge is -2.20. The van der Waals surface area contributed by atoms with Crippen LogP contribution in [-0.4, -0.2) is 36.4 Å². The summed E-state index contributed by atoms with van der Waals surface area (Å²) >= 11 is 1.51. The van der Waals surface area contributed by atoms with Gasteiger partial charge < -0.3 is 10.2 Å². The highest BCUT2D eigenvalue weighted by Crippen LogP contribution is 2.24. The molecule has 1 aromatic rings. The van der Waals surface area contributed by atoms with Crippen molar-refractivity contribution in [3.05, 3.63) is 15.6 Å². The summed E-state index contributed by atoms with van der Waals surface area (Å²) in [5.41, 5.74) is 1.10. The highest BCUT2D eigenvalue weighted by atomic mass is 32.1. The summed E-state index contributed by atoms with van der Waals surface area (Å²) in [4.78, 5) is 19.1. The molecular weight excluding hydrogens is 198 g/mol. The van der Waals surface area contributed by atoms with Gasteiger partial charge in [0.1, 0.15) is 0 Å². The smallest absolute Gasteiger partial charge is 0.280 e. The molecule has 0 radical (unpaired) electrons. The van der Waals surface area contributed by atoms with Crippen LogP contribution in [0.4, 0.5) is 0 Å². The first kappa shape index (κ1) is 9.61. The molecule has 76 valence electrons.